The molecule has 22 heavy (non-hydrogen) atoms. The van der Waals surface area contributed by atoms with E-state index in [1.165, 1.54) is 6.21 Å². The number of amides is 2. The van der Waals surface area contributed by atoms with Crippen molar-refractivity contribution in [1.82, 2.24) is 10.9 Å². The second-order valence-corrected chi connectivity index (χ2v) is 4.75. The highest BCUT2D eigenvalue weighted by atomic mass is 16.5. The fourth-order valence-electron chi connectivity index (χ4n) is 2.01. The van der Waals surface area contributed by atoms with Crippen molar-refractivity contribution < 1.29 is 14.3 Å². The van der Waals surface area contributed by atoms with E-state index in [0.29, 0.717) is 18.1 Å². The predicted octanol–water partition coefficient (Wildman–Crippen LogP) is 1.05. The first kappa shape index (κ1) is 15.7. The van der Waals surface area contributed by atoms with Gasteiger partial charge in [-0.25, -0.2) is 10.9 Å². The third-order valence-corrected chi connectivity index (χ3v) is 3.16. The molecule has 1 aliphatic rings. The topological polar surface area (TPSA) is 92.1 Å². The Hall–Kier alpha value is -2.70. The van der Waals surface area contributed by atoms with E-state index in [2.05, 4.69) is 21.1 Å². The number of rotatable bonds is 6. The average molecular weight is 302 g/mol. The monoisotopic (exact) mass is 302 g/mol. The summed E-state index contributed by atoms with van der Waals surface area (Å²) in [4.78, 5) is 23.3. The minimum Gasteiger partial charge on any atom is -0.493 e. The molecular formula is C15H18N4O3. The number of hydrogen-bond acceptors (Lipinski definition) is 5. The van der Waals surface area contributed by atoms with Crippen LogP contribution in [-0.4, -0.2) is 30.3 Å². The van der Waals surface area contributed by atoms with Gasteiger partial charge in [0.15, 0.2) is 0 Å². The molecule has 0 bridgehead atoms. The average Bonchev–Trinajstić information content (AvgIpc) is 2.81. The second kappa shape index (κ2) is 7.35. The number of para-hydroxylation sites is 1. The number of nitrogens with one attached hydrogen (secondary N) is 2. The molecule has 2 N–H and O–H groups in total. The first-order chi connectivity index (χ1) is 10.6. The molecule has 0 spiro atoms. The molecule has 2 rings (SSSR count). The zero-order valence-corrected chi connectivity index (χ0v) is 12.5. The molecule has 7 nitrogen and oxygen atoms in total. The highest BCUT2D eigenvalue weighted by Gasteiger charge is 2.28. The summed E-state index contributed by atoms with van der Waals surface area (Å²) in [7, 11) is 0. The number of nitrogens with zero attached hydrogens (tertiary/aromatic N) is 2. The van der Waals surface area contributed by atoms with Gasteiger partial charge in [0.2, 0.25) is 11.8 Å². The molecule has 7 heteroatoms. The van der Waals surface area contributed by atoms with E-state index in [1.54, 1.807) is 6.92 Å². The fourth-order valence-corrected chi connectivity index (χ4v) is 2.01. The van der Waals surface area contributed by atoms with E-state index in [1.807, 2.05) is 31.2 Å². The van der Waals surface area contributed by atoms with Gasteiger partial charge in [0, 0.05) is 17.7 Å². The summed E-state index contributed by atoms with van der Waals surface area (Å²) in [6.07, 6.45) is 1.53. The van der Waals surface area contributed by atoms with Crippen LogP contribution in [0.1, 0.15) is 25.8 Å². The van der Waals surface area contributed by atoms with Gasteiger partial charge in [-0.3, -0.25) is 9.59 Å². The van der Waals surface area contributed by atoms with Crippen LogP contribution >= 0.6 is 0 Å². The second-order valence-electron chi connectivity index (χ2n) is 4.75. The van der Waals surface area contributed by atoms with Crippen LogP contribution < -0.4 is 15.6 Å². The van der Waals surface area contributed by atoms with Gasteiger partial charge in [-0.15, -0.1) is 0 Å². The lowest BCUT2D eigenvalue weighted by molar-refractivity contribution is -0.127. The molecule has 0 fully saturated rings. The van der Waals surface area contributed by atoms with Gasteiger partial charge in [-0.05, 0) is 26.0 Å². The van der Waals surface area contributed by atoms with Gasteiger partial charge in [0.25, 0.3) is 0 Å². The Labute approximate surface area is 128 Å². The van der Waals surface area contributed by atoms with Gasteiger partial charge in [-0.1, -0.05) is 12.1 Å². The van der Waals surface area contributed by atoms with Crippen molar-refractivity contribution in [2.45, 2.75) is 20.3 Å². The largest absolute Gasteiger partial charge is 0.493 e. The lowest BCUT2D eigenvalue weighted by Crippen LogP contribution is -2.29. The number of hydrazone groups is 2. The smallest absolute Gasteiger partial charge is 0.249 e. The van der Waals surface area contributed by atoms with E-state index in [-0.39, 0.29) is 18.2 Å². The van der Waals surface area contributed by atoms with Crippen molar-refractivity contribution in [3.05, 3.63) is 29.8 Å². The molecule has 2 amide bonds. The van der Waals surface area contributed by atoms with Crippen LogP contribution in [0.5, 0.6) is 5.75 Å². The van der Waals surface area contributed by atoms with Gasteiger partial charge in [0.05, 0.1) is 18.7 Å². The highest BCUT2D eigenvalue weighted by molar-refractivity contribution is 6.09. The van der Waals surface area contributed by atoms with E-state index in [0.717, 1.165) is 5.56 Å². The molecule has 0 radical (unpaired) electrons. The minimum atomic E-state index is -0.522. The summed E-state index contributed by atoms with van der Waals surface area (Å²) in [5.41, 5.74) is 6.12. The van der Waals surface area contributed by atoms with Crippen molar-refractivity contribution in [1.29, 1.82) is 0 Å². The molecule has 0 aromatic heterocycles. The number of hydrogen-bond donors (Lipinski definition) is 2. The SMILES string of the molecule is CCOc1ccccc1C=NNC(=O)CC1C(=O)NN=C1C. The van der Waals surface area contributed by atoms with Gasteiger partial charge >= 0.3 is 0 Å². The zero-order chi connectivity index (χ0) is 15.9. The third-order valence-electron chi connectivity index (χ3n) is 3.16. The third kappa shape index (κ3) is 3.91. The van der Waals surface area contributed by atoms with E-state index in [9.17, 15) is 9.59 Å². The summed E-state index contributed by atoms with van der Waals surface area (Å²) in [5, 5.41) is 7.69. The predicted molar refractivity (Wildman–Crippen MR) is 82.7 cm³/mol. The van der Waals surface area contributed by atoms with Crippen molar-refractivity contribution in [3.8, 4) is 5.75 Å². The summed E-state index contributed by atoms with van der Waals surface area (Å²) in [5.74, 6) is -0.438. The fraction of sp³-hybridized carbons (Fsp3) is 0.333. The van der Waals surface area contributed by atoms with Crippen LogP contribution in [0.15, 0.2) is 34.5 Å². The minimum absolute atomic E-state index is 0.0195. The molecule has 0 aliphatic carbocycles. The normalized spacial score (nSPS) is 17.3. The number of benzene rings is 1. The Morgan fingerprint density at radius 3 is 2.95 bits per heavy atom. The highest BCUT2D eigenvalue weighted by Crippen LogP contribution is 2.15. The van der Waals surface area contributed by atoms with Crippen molar-refractivity contribution >= 4 is 23.7 Å². The van der Waals surface area contributed by atoms with E-state index >= 15 is 0 Å². The molecule has 116 valence electrons. The summed E-state index contributed by atoms with van der Waals surface area (Å²) < 4.78 is 5.46. The first-order valence-corrected chi connectivity index (χ1v) is 6.99. The van der Waals surface area contributed by atoms with Gasteiger partial charge in [-0.2, -0.15) is 10.2 Å². The van der Waals surface area contributed by atoms with Crippen LogP contribution in [0.25, 0.3) is 0 Å². The Kier molecular flexibility index (Phi) is 5.24. The zero-order valence-electron chi connectivity index (χ0n) is 12.5. The van der Waals surface area contributed by atoms with Crippen LogP contribution in [0.4, 0.5) is 0 Å². The summed E-state index contributed by atoms with van der Waals surface area (Å²) in [6.45, 7) is 4.15. The Morgan fingerprint density at radius 2 is 2.27 bits per heavy atom. The van der Waals surface area contributed by atoms with Gasteiger partial charge < -0.3 is 4.74 Å². The van der Waals surface area contributed by atoms with E-state index in [4.69, 9.17) is 4.74 Å². The van der Waals surface area contributed by atoms with Crippen molar-refractivity contribution in [2.75, 3.05) is 6.61 Å². The standard InChI is InChI=1S/C15H18N4O3/c1-3-22-13-7-5-4-6-11(13)9-16-18-14(20)8-12-10(2)17-19-15(12)21/h4-7,9,12H,3,8H2,1-2H3,(H,18,20)(H,19,21). The number of carbonyl (C=O) groups excluding carboxylic acids is 2. The van der Waals surface area contributed by atoms with Crippen LogP contribution in [0, 0.1) is 5.92 Å². The summed E-state index contributed by atoms with van der Waals surface area (Å²) >= 11 is 0. The Balaban J connectivity index is 1.91. The number of ether oxygens (including phenoxy) is 1. The maximum Gasteiger partial charge on any atom is 0.249 e. The Bertz CT molecular complexity index is 625. The summed E-state index contributed by atoms with van der Waals surface area (Å²) in [6, 6.07) is 7.38. The maximum absolute atomic E-state index is 11.8. The molecule has 1 unspecified atom stereocenters. The molecule has 1 atom stereocenters. The lowest BCUT2D eigenvalue weighted by Gasteiger charge is -2.07. The molecule has 1 heterocycles. The lowest BCUT2D eigenvalue weighted by atomic mass is 10.0. The van der Waals surface area contributed by atoms with Crippen LogP contribution in [0.2, 0.25) is 0 Å². The van der Waals surface area contributed by atoms with Crippen LogP contribution in [0.3, 0.4) is 0 Å². The first-order valence-electron chi connectivity index (χ1n) is 6.99. The van der Waals surface area contributed by atoms with Crippen molar-refractivity contribution in [3.63, 3.8) is 0 Å². The molecule has 0 saturated heterocycles. The molecular weight excluding hydrogens is 284 g/mol. The van der Waals surface area contributed by atoms with Gasteiger partial charge in [0.1, 0.15) is 5.75 Å². The maximum atomic E-state index is 11.8. The molecule has 1 aromatic rings. The molecule has 0 saturated carbocycles. The van der Waals surface area contributed by atoms with Crippen molar-refractivity contribution in [2.24, 2.45) is 16.1 Å². The molecule has 1 aromatic carbocycles. The molecule has 1 aliphatic heterocycles. The van der Waals surface area contributed by atoms with Crippen LogP contribution in [-0.2, 0) is 9.59 Å². The quantitative estimate of drug-likeness (QED) is 0.607. The number of carbonyl (C=O) groups is 2. The van der Waals surface area contributed by atoms with E-state index < -0.39 is 5.92 Å². The Morgan fingerprint density at radius 1 is 1.50 bits per heavy atom.